The molecule has 1 aliphatic rings. The molecule has 80 valence electrons. The Morgan fingerprint density at radius 1 is 1.43 bits per heavy atom. The normalized spacial score (nSPS) is 26.3. The van der Waals surface area contributed by atoms with Crippen molar-refractivity contribution in [2.75, 3.05) is 26.7 Å². The second kappa shape index (κ2) is 6.83. The highest BCUT2D eigenvalue weighted by molar-refractivity contribution is 4.87. The van der Waals surface area contributed by atoms with E-state index < -0.39 is 0 Å². The maximum absolute atomic E-state index is 5.39. The van der Waals surface area contributed by atoms with Crippen molar-refractivity contribution < 1.29 is 4.74 Å². The minimum atomic E-state index is 0.405. The fourth-order valence-corrected chi connectivity index (χ4v) is 1.95. The van der Waals surface area contributed by atoms with Crippen LogP contribution < -0.4 is 10.6 Å². The summed E-state index contributed by atoms with van der Waals surface area (Å²) < 4.78 is 5.39. The van der Waals surface area contributed by atoms with Gasteiger partial charge in [-0.05, 0) is 19.3 Å². The first kappa shape index (κ1) is 11.5. The van der Waals surface area contributed by atoms with Crippen LogP contribution in [0.15, 0.2) is 0 Å². The van der Waals surface area contributed by atoms with Crippen LogP contribution >= 0.6 is 0 Å². The Bertz CT molecular complexity index is 188. The minimum absolute atomic E-state index is 0.405. The Hall–Kier alpha value is -0.560. The summed E-state index contributed by atoms with van der Waals surface area (Å²) in [7, 11) is 1.79. The van der Waals surface area contributed by atoms with Gasteiger partial charge in [0.05, 0.1) is 12.6 Å². The van der Waals surface area contributed by atoms with E-state index in [4.69, 9.17) is 11.2 Å². The first-order valence-electron chi connectivity index (χ1n) is 5.29. The van der Waals surface area contributed by atoms with Crippen molar-refractivity contribution in [2.45, 2.75) is 31.4 Å². The van der Waals surface area contributed by atoms with Gasteiger partial charge in [-0.2, -0.15) is 0 Å². The van der Waals surface area contributed by atoms with Gasteiger partial charge in [0, 0.05) is 26.2 Å². The highest BCUT2D eigenvalue weighted by Crippen LogP contribution is 2.20. The van der Waals surface area contributed by atoms with E-state index in [2.05, 4.69) is 16.6 Å². The highest BCUT2D eigenvalue weighted by atomic mass is 16.5. The number of terminal acetylenes is 1. The van der Waals surface area contributed by atoms with E-state index in [9.17, 15) is 0 Å². The van der Waals surface area contributed by atoms with Crippen LogP contribution in [-0.2, 0) is 4.74 Å². The van der Waals surface area contributed by atoms with Crippen molar-refractivity contribution in [3.05, 3.63) is 0 Å². The summed E-state index contributed by atoms with van der Waals surface area (Å²) in [5.74, 6) is 2.55. The lowest BCUT2D eigenvalue weighted by atomic mass is 10.2. The predicted octanol–water partition coefficient (Wildman–Crippen LogP) is 0.366. The smallest absolute Gasteiger partial charge is 0.0724 e. The van der Waals surface area contributed by atoms with Gasteiger partial charge in [-0.3, -0.25) is 0 Å². The van der Waals surface area contributed by atoms with E-state index in [1.807, 2.05) is 0 Å². The summed E-state index contributed by atoms with van der Waals surface area (Å²) in [6.07, 6.45) is 9.22. The van der Waals surface area contributed by atoms with Crippen LogP contribution in [0.3, 0.4) is 0 Å². The van der Waals surface area contributed by atoms with Gasteiger partial charge in [0.15, 0.2) is 0 Å². The fourth-order valence-electron chi connectivity index (χ4n) is 1.95. The molecule has 2 atom stereocenters. The number of nitrogens with one attached hydrogen (secondary N) is 2. The van der Waals surface area contributed by atoms with Gasteiger partial charge >= 0.3 is 0 Å². The molecule has 1 aliphatic carbocycles. The molecule has 0 aliphatic heterocycles. The number of rotatable bonds is 6. The van der Waals surface area contributed by atoms with E-state index in [1.165, 1.54) is 19.3 Å². The van der Waals surface area contributed by atoms with E-state index in [1.54, 1.807) is 7.11 Å². The number of ether oxygens (including phenoxy) is 1. The summed E-state index contributed by atoms with van der Waals surface area (Å²) in [6, 6.07) is 0.535. The van der Waals surface area contributed by atoms with Gasteiger partial charge in [0.25, 0.3) is 0 Å². The number of methoxy groups -OCH3 is 1. The van der Waals surface area contributed by atoms with E-state index >= 15 is 0 Å². The van der Waals surface area contributed by atoms with E-state index in [-0.39, 0.29) is 0 Å². The second-order valence-electron chi connectivity index (χ2n) is 3.65. The average molecular weight is 196 g/mol. The molecule has 3 heteroatoms. The second-order valence-corrected chi connectivity index (χ2v) is 3.65. The molecule has 0 amide bonds. The predicted molar refractivity (Wildman–Crippen MR) is 58.1 cm³/mol. The molecule has 1 saturated carbocycles. The van der Waals surface area contributed by atoms with Crippen LogP contribution in [0.5, 0.6) is 0 Å². The van der Waals surface area contributed by atoms with Crippen LogP contribution in [-0.4, -0.2) is 38.9 Å². The molecule has 0 aromatic heterocycles. The molecule has 2 N–H and O–H groups in total. The third kappa shape index (κ3) is 3.67. The van der Waals surface area contributed by atoms with E-state index in [0.29, 0.717) is 18.7 Å². The molecule has 2 unspecified atom stereocenters. The Labute approximate surface area is 86.6 Å². The number of hydrogen-bond donors (Lipinski definition) is 2. The van der Waals surface area contributed by atoms with Crippen molar-refractivity contribution in [2.24, 2.45) is 0 Å². The van der Waals surface area contributed by atoms with Gasteiger partial charge in [-0.1, -0.05) is 5.92 Å². The maximum Gasteiger partial charge on any atom is 0.0724 e. The first-order chi connectivity index (χ1) is 6.88. The van der Waals surface area contributed by atoms with Crippen LogP contribution in [0.1, 0.15) is 19.3 Å². The lowest BCUT2D eigenvalue weighted by Crippen LogP contribution is -2.40. The molecular formula is C11H20N2O. The lowest BCUT2D eigenvalue weighted by molar-refractivity contribution is 0.0854. The summed E-state index contributed by atoms with van der Waals surface area (Å²) in [5, 5.41) is 6.64. The van der Waals surface area contributed by atoms with Crippen molar-refractivity contribution in [3.8, 4) is 12.3 Å². The third-order valence-electron chi connectivity index (χ3n) is 2.69. The zero-order valence-electron chi connectivity index (χ0n) is 8.88. The van der Waals surface area contributed by atoms with Crippen molar-refractivity contribution >= 4 is 0 Å². The SMILES string of the molecule is C#CCNCCNC1CCCC1OC. The monoisotopic (exact) mass is 196 g/mol. The third-order valence-corrected chi connectivity index (χ3v) is 2.69. The van der Waals surface area contributed by atoms with Crippen molar-refractivity contribution in [1.82, 2.24) is 10.6 Å². The fraction of sp³-hybridized carbons (Fsp3) is 0.818. The van der Waals surface area contributed by atoms with Crippen LogP contribution in [0, 0.1) is 12.3 Å². The van der Waals surface area contributed by atoms with Gasteiger partial charge < -0.3 is 15.4 Å². The molecular weight excluding hydrogens is 176 g/mol. The molecule has 14 heavy (non-hydrogen) atoms. The largest absolute Gasteiger partial charge is 0.380 e. The molecule has 1 rings (SSSR count). The molecule has 0 radical (unpaired) electrons. The molecule has 0 spiro atoms. The zero-order valence-corrected chi connectivity index (χ0v) is 8.88. The Kier molecular flexibility index (Phi) is 5.62. The molecule has 0 bridgehead atoms. The summed E-state index contributed by atoms with van der Waals surface area (Å²) in [4.78, 5) is 0. The summed E-state index contributed by atoms with van der Waals surface area (Å²) in [5.41, 5.74) is 0. The van der Waals surface area contributed by atoms with Gasteiger partial charge in [0.2, 0.25) is 0 Å². The number of hydrogen-bond acceptors (Lipinski definition) is 3. The highest BCUT2D eigenvalue weighted by Gasteiger charge is 2.25. The maximum atomic E-state index is 5.39. The molecule has 0 aromatic rings. The Morgan fingerprint density at radius 3 is 3.00 bits per heavy atom. The van der Waals surface area contributed by atoms with E-state index in [0.717, 1.165) is 13.1 Å². The van der Waals surface area contributed by atoms with Crippen LogP contribution in [0.2, 0.25) is 0 Å². The zero-order chi connectivity index (χ0) is 10.2. The lowest BCUT2D eigenvalue weighted by Gasteiger charge is -2.19. The van der Waals surface area contributed by atoms with Crippen LogP contribution in [0.25, 0.3) is 0 Å². The molecule has 0 heterocycles. The minimum Gasteiger partial charge on any atom is -0.380 e. The van der Waals surface area contributed by atoms with Gasteiger partial charge in [-0.25, -0.2) is 0 Å². The van der Waals surface area contributed by atoms with Crippen molar-refractivity contribution in [3.63, 3.8) is 0 Å². The topological polar surface area (TPSA) is 33.3 Å². The Morgan fingerprint density at radius 2 is 2.29 bits per heavy atom. The molecule has 0 saturated heterocycles. The molecule has 3 nitrogen and oxygen atoms in total. The van der Waals surface area contributed by atoms with Gasteiger partial charge in [-0.15, -0.1) is 6.42 Å². The molecule has 1 fully saturated rings. The van der Waals surface area contributed by atoms with Crippen LogP contribution in [0.4, 0.5) is 0 Å². The standard InChI is InChI=1S/C11H20N2O/c1-3-7-12-8-9-13-10-5-4-6-11(10)14-2/h1,10-13H,4-9H2,2H3. The average Bonchev–Trinajstić information content (AvgIpc) is 2.65. The first-order valence-corrected chi connectivity index (χ1v) is 5.29. The van der Waals surface area contributed by atoms with Crippen molar-refractivity contribution in [1.29, 1.82) is 0 Å². The van der Waals surface area contributed by atoms with Gasteiger partial charge in [0.1, 0.15) is 0 Å². The summed E-state index contributed by atoms with van der Waals surface area (Å²) in [6.45, 7) is 2.55. The Balaban J connectivity index is 2.03. The summed E-state index contributed by atoms with van der Waals surface area (Å²) >= 11 is 0. The molecule has 0 aromatic carbocycles. The quantitative estimate of drug-likeness (QED) is 0.475.